The van der Waals surface area contributed by atoms with Gasteiger partial charge in [-0.3, -0.25) is 23.4 Å². The summed E-state index contributed by atoms with van der Waals surface area (Å²) in [5, 5.41) is 24.1. The van der Waals surface area contributed by atoms with Gasteiger partial charge in [-0.25, -0.2) is 14.6 Å². The Kier molecular flexibility index (Phi) is 6.68. The quantitative estimate of drug-likeness (QED) is 0.177. The molecule has 0 spiro atoms. The number of rotatable bonds is 8. The van der Waals surface area contributed by atoms with Gasteiger partial charge in [-0.2, -0.15) is 4.98 Å². The number of imidazole rings is 1. The van der Waals surface area contributed by atoms with Crippen LogP contribution < -0.4 is 22.1 Å². The van der Waals surface area contributed by atoms with Gasteiger partial charge in [0, 0.05) is 13.6 Å². The molecule has 3 amide bonds. The molecule has 15 nitrogen and oxygen atoms in total. The first-order chi connectivity index (χ1) is 19.5. The minimum absolute atomic E-state index is 0.0288. The molecule has 0 aliphatic carbocycles. The summed E-state index contributed by atoms with van der Waals surface area (Å²) >= 11 is 0. The van der Waals surface area contributed by atoms with E-state index in [1.165, 1.54) is 33.2 Å². The molecule has 3 heterocycles. The van der Waals surface area contributed by atoms with Crippen molar-refractivity contribution in [1.29, 1.82) is 0 Å². The number of fused-ring (bicyclic) bond motifs is 2. The second-order valence-corrected chi connectivity index (χ2v) is 8.94. The summed E-state index contributed by atoms with van der Waals surface area (Å²) in [5.74, 6) is -4.79. The van der Waals surface area contributed by atoms with E-state index in [2.05, 4.69) is 20.6 Å². The molecule has 0 saturated carbocycles. The van der Waals surface area contributed by atoms with Crippen molar-refractivity contribution in [2.75, 3.05) is 0 Å². The molecule has 0 aliphatic heterocycles. The van der Waals surface area contributed by atoms with Crippen molar-refractivity contribution < 1.29 is 33.8 Å². The van der Waals surface area contributed by atoms with E-state index in [-0.39, 0.29) is 34.8 Å². The standard InChI is InChI=1S/C26H21N7O8/c1-32-16-8-12(2-7-18(16)41-26(32)40)10-28-23(37)17-9-15(29-25-30-19(34)11-33(17)25)22(36)31-20(21(27)35)13-3-5-14(6-4-13)24(38)39/h2-9,11,20,34H,10H2,1H3,(H2,27,35)(H,28,37)(H,31,36)(H,38,39)/t20-/m1/s1. The maximum absolute atomic E-state index is 13.2. The monoisotopic (exact) mass is 559 g/mol. The van der Waals surface area contributed by atoms with Gasteiger partial charge < -0.3 is 31.0 Å². The number of aromatic hydroxyl groups is 1. The molecule has 0 bridgehead atoms. The van der Waals surface area contributed by atoms with E-state index < -0.39 is 41.4 Å². The van der Waals surface area contributed by atoms with Crippen molar-refractivity contribution >= 4 is 40.6 Å². The Morgan fingerprint density at radius 2 is 1.78 bits per heavy atom. The number of carbonyl (C=O) groups is 4. The largest absolute Gasteiger partial charge is 0.492 e. The normalized spacial score (nSPS) is 11.8. The SMILES string of the molecule is Cn1c(=O)oc2ccc(CNC(=O)c3cc(C(=O)N[C@@H](C(N)=O)c4ccc(C(=O)O)cc4)nc4nc(O)cn34)cc21. The molecule has 0 saturated heterocycles. The molecule has 6 N–H and O–H groups in total. The summed E-state index contributed by atoms with van der Waals surface area (Å²) in [6.45, 7) is 0.0380. The van der Waals surface area contributed by atoms with E-state index in [1.54, 1.807) is 25.2 Å². The Labute approximate surface area is 228 Å². The van der Waals surface area contributed by atoms with Crippen molar-refractivity contribution in [1.82, 2.24) is 29.6 Å². The van der Waals surface area contributed by atoms with Crippen molar-refractivity contribution in [3.05, 3.63) is 93.4 Å². The molecule has 41 heavy (non-hydrogen) atoms. The molecule has 3 aromatic heterocycles. The van der Waals surface area contributed by atoms with Gasteiger partial charge in [0.15, 0.2) is 5.58 Å². The second kappa shape index (κ2) is 10.3. The fourth-order valence-corrected chi connectivity index (χ4v) is 4.14. The maximum atomic E-state index is 13.2. The smallest absolute Gasteiger partial charge is 0.419 e. The predicted molar refractivity (Wildman–Crippen MR) is 140 cm³/mol. The molecule has 0 radical (unpaired) electrons. The molecular weight excluding hydrogens is 538 g/mol. The van der Waals surface area contributed by atoms with Gasteiger partial charge in [0.2, 0.25) is 17.6 Å². The highest BCUT2D eigenvalue weighted by Gasteiger charge is 2.24. The molecule has 5 rings (SSSR count). The third-order valence-electron chi connectivity index (χ3n) is 6.25. The van der Waals surface area contributed by atoms with Gasteiger partial charge in [0.1, 0.15) is 17.4 Å². The average molecular weight is 559 g/mol. The highest BCUT2D eigenvalue weighted by molar-refractivity contribution is 6.00. The lowest BCUT2D eigenvalue weighted by Gasteiger charge is -2.16. The minimum Gasteiger partial charge on any atom is -0.492 e. The maximum Gasteiger partial charge on any atom is 0.419 e. The molecule has 1 atom stereocenters. The molecule has 2 aromatic carbocycles. The molecular formula is C26H21N7O8. The van der Waals surface area contributed by atoms with Crippen LogP contribution in [0.4, 0.5) is 0 Å². The number of hydrogen-bond acceptors (Lipinski definition) is 9. The number of aromatic nitrogens is 4. The third kappa shape index (κ3) is 5.18. The van der Waals surface area contributed by atoms with Crippen LogP contribution in [0.2, 0.25) is 0 Å². The predicted octanol–water partition coefficient (Wildman–Crippen LogP) is 0.464. The fourth-order valence-electron chi connectivity index (χ4n) is 4.14. The highest BCUT2D eigenvalue weighted by atomic mass is 16.4. The number of carboxylic acids is 1. The first-order valence-electron chi connectivity index (χ1n) is 11.9. The van der Waals surface area contributed by atoms with Gasteiger partial charge in [0.25, 0.3) is 11.8 Å². The Morgan fingerprint density at radius 3 is 2.46 bits per heavy atom. The number of carbonyl (C=O) groups excluding carboxylic acids is 3. The van der Waals surface area contributed by atoms with E-state index in [0.29, 0.717) is 16.7 Å². The average Bonchev–Trinajstić information content (AvgIpc) is 3.46. The second-order valence-electron chi connectivity index (χ2n) is 8.94. The summed E-state index contributed by atoms with van der Waals surface area (Å²) < 4.78 is 7.62. The number of oxazole rings is 1. The number of nitrogens with two attached hydrogens (primary N) is 1. The third-order valence-corrected chi connectivity index (χ3v) is 6.25. The van der Waals surface area contributed by atoms with Gasteiger partial charge in [-0.05, 0) is 41.5 Å². The van der Waals surface area contributed by atoms with Crippen molar-refractivity contribution in [2.24, 2.45) is 12.8 Å². The molecule has 0 fully saturated rings. The number of aromatic carboxylic acids is 1. The number of hydrogen-bond donors (Lipinski definition) is 5. The van der Waals surface area contributed by atoms with E-state index >= 15 is 0 Å². The Hall–Kier alpha value is -5.99. The molecule has 208 valence electrons. The Morgan fingerprint density at radius 1 is 1.05 bits per heavy atom. The zero-order valence-corrected chi connectivity index (χ0v) is 21.2. The van der Waals surface area contributed by atoms with Crippen LogP contribution in [0.5, 0.6) is 5.88 Å². The summed E-state index contributed by atoms with van der Waals surface area (Å²) in [5.41, 5.74) is 6.83. The van der Waals surface area contributed by atoms with Crippen LogP contribution in [-0.4, -0.2) is 52.8 Å². The minimum atomic E-state index is -1.34. The Balaban J connectivity index is 1.41. The number of nitrogens with zero attached hydrogens (tertiary/aromatic N) is 4. The highest BCUT2D eigenvalue weighted by Crippen LogP contribution is 2.18. The van der Waals surface area contributed by atoms with Crippen LogP contribution in [-0.2, 0) is 18.4 Å². The molecule has 5 aromatic rings. The topological polar surface area (TPSA) is 224 Å². The number of nitrogens with one attached hydrogen (secondary N) is 2. The lowest BCUT2D eigenvalue weighted by Crippen LogP contribution is -2.38. The summed E-state index contributed by atoms with van der Waals surface area (Å²) in [4.78, 5) is 69.2. The van der Waals surface area contributed by atoms with Crippen molar-refractivity contribution in [3.63, 3.8) is 0 Å². The van der Waals surface area contributed by atoms with Crippen molar-refractivity contribution in [3.8, 4) is 5.88 Å². The van der Waals surface area contributed by atoms with Gasteiger partial charge in [-0.1, -0.05) is 18.2 Å². The number of carboxylic acid groups (broad SMARTS) is 1. The Bertz CT molecular complexity index is 1920. The number of benzene rings is 2. The number of amides is 3. The van der Waals surface area contributed by atoms with Crippen LogP contribution in [0.15, 0.2) is 63.9 Å². The zero-order valence-electron chi connectivity index (χ0n) is 21.2. The summed E-state index contributed by atoms with van der Waals surface area (Å²) in [6.07, 6.45) is 1.14. The van der Waals surface area contributed by atoms with E-state index in [1.807, 2.05) is 0 Å². The summed E-state index contributed by atoms with van der Waals surface area (Å²) in [6, 6.07) is 9.92. The molecule has 0 unspecified atom stereocenters. The van der Waals surface area contributed by atoms with Gasteiger partial charge in [0.05, 0.1) is 17.3 Å². The van der Waals surface area contributed by atoms with Crippen LogP contribution >= 0.6 is 0 Å². The van der Waals surface area contributed by atoms with E-state index in [9.17, 15) is 29.1 Å². The van der Waals surface area contributed by atoms with Crippen LogP contribution in [0.25, 0.3) is 16.9 Å². The number of primary amides is 1. The first kappa shape index (κ1) is 26.6. The first-order valence-corrected chi connectivity index (χ1v) is 11.9. The van der Waals surface area contributed by atoms with Gasteiger partial charge in [-0.15, -0.1) is 0 Å². The lowest BCUT2D eigenvalue weighted by molar-refractivity contribution is -0.120. The van der Waals surface area contributed by atoms with Gasteiger partial charge >= 0.3 is 11.7 Å². The van der Waals surface area contributed by atoms with Crippen LogP contribution in [0.1, 0.15) is 48.5 Å². The zero-order chi connectivity index (χ0) is 29.4. The van der Waals surface area contributed by atoms with Crippen LogP contribution in [0.3, 0.4) is 0 Å². The fraction of sp³-hybridized carbons (Fsp3) is 0.115. The van der Waals surface area contributed by atoms with Crippen molar-refractivity contribution in [2.45, 2.75) is 12.6 Å². The lowest BCUT2D eigenvalue weighted by atomic mass is 10.0. The van der Waals surface area contributed by atoms with E-state index in [0.717, 1.165) is 12.3 Å². The molecule has 15 heteroatoms. The molecule has 0 aliphatic rings. The number of aryl methyl sites for hydroxylation is 1. The van der Waals surface area contributed by atoms with E-state index in [4.69, 9.17) is 15.3 Å². The summed E-state index contributed by atoms with van der Waals surface area (Å²) in [7, 11) is 1.55. The van der Waals surface area contributed by atoms with Crippen LogP contribution in [0, 0.1) is 0 Å².